The minimum absolute atomic E-state index is 0.281. The number of rotatable bonds is 3. The van der Waals surface area contributed by atoms with Crippen LogP contribution in [0.4, 0.5) is 0 Å². The molecule has 0 bridgehead atoms. The Hall–Kier alpha value is -0.490. The second kappa shape index (κ2) is 4.17. The first kappa shape index (κ1) is 11.0. The normalized spacial score (nSPS) is 23.7. The maximum Gasteiger partial charge on any atom is 0.132 e. The van der Waals surface area contributed by atoms with Crippen molar-refractivity contribution < 1.29 is 9.47 Å². The Morgan fingerprint density at radius 3 is 2.33 bits per heavy atom. The van der Waals surface area contributed by atoms with Crippen molar-refractivity contribution in [2.45, 2.75) is 18.4 Å². The largest absolute Gasteiger partial charge is 0.496 e. The molecule has 0 amide bonds. The lowest BCUT2D eigenvalue weighted by Gasteiger charge is -2.11. The van der Waals surface area contributed by atoms with Gasteiger partial charge in [-0.1, -0.05) is 0 Å². The van der Waals surface area contributed by atoms with Crippen molar-refractivity contribution >= 4 is 22.6 Å². The monoisotopic (exact) mass is 319 g/mol. The van der Waals surface area contributed by atoms with Crippen molar-refractivity contribution in [3.8, 4) is 11.5 Å². The summed E-state index contributed by atoms with van der Waals surface area (Å²) in [7, 11) is 3.37. The zero-order valence-corrected chi connectivity index (χ0v) is 10.9. The van der Waals surface area contributed by atoms with E-state index in [1.807, 2.05) is 12.1 Å². The average Bonchev–Trinajstić information content (AvgIpc) is 2.95. The molecule has 1 aromatic rings. The van der Waals surface area contributed by atoms with Crippen molar-refractivity contribution in [2.75, 3.05) is 14.2 Å². The number of methoxy groups -OCH3 is 2. The van der Waals surface area contributed by atoms with E-state index in [1.54, 1.807) is 14.2 Å². The van der Waals surface area contributed by atoms with Crippen LogP contribution in [0.15, 0.2) is 12.1 Å². The summed E-state index contributed by atoms with van der Waals surface area (Å²) in [6.45, 7) is 0. The van der Waals surface area contributed by atoms with Crippen LogP contribution in [-0.2, 0) is 0 Å². The highest BCUT2D eigenvalue weighted by molar-refractivity contribution is 14.1. The van der Waals surface area contributed by atoms with Crippen LogP contribution in [0.3, 0.4) is 0 Å². The highest BCUT2D eigenvalue weighted by atomic mass is 127. The van der Waals surface area contributed by atoms with Gasteiger partial charge in [-0.15, -0.1) is 0 Å². The van der Waals surface area contributed by atoms with Gasteiger partial charge in [0, 0.05) is 17.5 Å². The van der Waals surface area contributed by atoms with Crippen molar-refractivity contribution in [3.63, 3.8) is 0 Å². The fourth-order valence-corrected chi connectivity index (χ4v) is 2.40. The first-order chi connectivity index (χ1) is 7.17. The second-order valence-corrected chi connectivity index (χ2v) is 4.90. The molecular formula is C11H14INO2. The molecule has 1 fully saturated rings. The van der Waals surface area contributed by atoms with Gasteiger partial charge in [-0.2, -0.15) is 0 Å². The van der Waals surface area contributed by atoms with E-state index in [9.17, 15) is 0 Å². The molecule has 0 heterocycles. The molecule has 3 nitrogen and oxygen atoms in total. The molecule has 0 aromatic heterocycles. The SMILES string of the molecule is COc1cc(C2CC2N)c(OC)cc1I. The average molecular weight is 319 g/mol. The lowest BCUT2D eigenvalue weighted by Crippen LogP contribution is -2.03. The van der Waals surface area contributed by atoms with Gasteiger partial charge >= 0.3 is 0 Å². The molecule has 1 aromatic carbocycles. The molecule has 0 aliphatic heterocycles. The Labute approximate surface area is 103 Å². The molecule has 1 aliphatic rings. The summed E-state index contributed by atoms with van der Waals surface area (Å²) in [5.41, 5.74) is 7.02. The molecule has 1 saturated carbocycles. The Morgan fingerprint density at radius 1 is 1.27 bits per heavy atom. The van der Waals surface area contributed by atoms with E-state index in [0.717, 1.165) is 21.5 Å². The highest BCUT2D eigenvalue weighted by Gasteiger charge is 2.37. The first-order valence-electron chi connectivity index (χ1n) is 4.84. The van der Waals surface area contributed by atoms with E-state index in [0.29, 0.717) is 5.92 Å². The zero-order valence-electron chi connectivity index (χ0n) is 8.79. The number of ether oxygens (including phenoxy) is 2. The summed E-state index contributed by atoms with van der Waals surface area (Å²) in [5.74, 6) is 2.24. The molecule has 2 atom stereocenters. The van der Waals surface area contributed by atoms with E-state index < -0.39 is 0 Å². The Balaban J connectivity index is 2.42. The molecule has 2 rings (SSSR count). The lowest BCUT2D eigenvalue weighted by atomic mass is 10.1. The lowest BCUT2D eigenvalue weighted by molar-refractivity contribution is 0.396. The van der Waals surface area contributed by atoms with Gasteiger partial charge in [0.25, 0.3) is 0 Å². The van der Waals surface area contributed by atoms with Gasteiger partial charge in [0.15, 0.2) is 0 Å². The van der Waals surface area contributed by atoms with Crippen LogP contribution in [0.5, 0.6) is 11.5 Å². The highest BCUT2D eigenvalue weighted by Crippen LogP contribution is 2.45. The first-order valence-corrected chi connectivity index (χ1v) is 5.92. The van der Waals surface area contributed by atoms with E-state index in [2.05, 4.69) is 22.6 Å². The van der Waals surface area contributed by atoms with Crippen LogP contribution in [-0.4, -0.2) is 20.3 Å². The van der Waals surface area contributed by atoms with Crippen LogP contribution in [0.2, 0.25) is 0 Å². The molecule has 4 heteroatoms. The summed E-state index contributed by atoms with van der Waals surface area (Å²) in [6.07, 6.45) is 1.04. The van der Waals surface area contributed by atoms with Crippen LogP contribution in [0, 0.1) is 3.57 Å². The van der Waals surface area contributed by atoms with Gasteiger partial charge in [-0.3, -0.25) is 0 Å². The minimum Gasteiger partial charge on any atom is -0.496 e. The summed E-state index contributed by atoms with van der Waals surface area (Å²) in [6, 6.07) is 4.32. The maximum atomic E-state index is 5.85. The molecule has 82 valence electrons. The van der Waals surface area contributed by atoms with Crippen molar-refractivity contribution in [2.24, 2.45) is 5.73 Å². The summed E-state index contributed by atoms with van der Waals surface area (Å²) in [5, 5.41) is 0. The van der Waals surface area contributed by atoms with Gasteiger partial charge in [0.2, 0.25) is 0 Å². The van der Waals surface area contributed by atoms with Crippen molar-refractivity contribution in [3.05, 3.63) is 21.3 Å². The third-order valence-electron chi connectivity index (χ3n) is 2.74. The van der Waals surface area contributed by atoms with E-state index >= 15 is 0 Å². The van der Waals surface area contributed by atoms with Crippen molar-refractivity contribution in [1.29, 1.82) is 0 Å². The van der Waals surface area contributed by atoms with Crippen LogP contribution in [0.1, 0.15) is 17.9 Å². The predicted octanol–water partition coefficient (Wildman–Crippen LogP) is 2.12. The van der Waals surface area contributed by atoms with E-state index in [1.165, 1.54) is 5.56 Å². The number of halogens is 1. The van der Waals surface area contributed by atoms with Crippen LogP contribution < -0.4 is 15.2 Å². The van der Waals surface area contributed by atoms with Gasteiger partial charge in [-0.25, -0.2) is 0 Å². The van der Waals surface area contributed by atoms with E-state index in [4.69, 9.17) is 15.2 Å². The third-order valence-corrected chi connectivity index (χ3v) is 3.59. The smallest absolute Gasteiger partial charge is 0.132 e. The number of nitrogens with two attached hydrogens (primary N) is 1. The van der Waals surface area contributed by atoms with Crippen LogP contribution >= 0.6 is 22.6 Å². The number of hydrogen-bond acceptors (Lipinski definition) is 3. The van der Waals surface area contributed by atoms with Gasteiger partial charge < -0.3 is 15.2 Å². The predicted molar refractivity (Wildman–Crippen MR) is 67.6 cm³/mol. The van der Waals surface area contributed by atoms with Gasteiger partial charge in [-0.05, 0) is 41.1 Å². The molecule has 1 aliphatic carbocycles. The topological polar surface area (TPSA) is 44.5 Å². The summed E-state index contributed by atoms with van der Waals surface area (Å²) in [4.78, 5) is 0. The van der Waals surface area contributed by atoms with Gasteiger partial charge in [0.1, 0.15) is 11.5 Å². The fraction of sp³-hybridized carbons (Fsp3) is 0.455. The van der Waals surface area contributed by atoms with Crippen molar-refractivity contribution in [1.82, 2.24) is 0 Å². The molecule has 2 unspecified atom stereocenters. The van der Waals surface area contributed by atoms with Crippen LogP contribution in [0.25, 0.3) is 0 Å². The van der Waals surface area contributed by atoms with E-state index in [-0.39, 0.29) is 6.04 Å². The molecular weight excluding hydrogens is 305 g/mol. The summed E-state index contributed by atoms with van der Waals surface area (Å²) < 4.78 is 11.7. The maximum absolute atomic E-state index is 5.85. The molecule has 2 N–H and O–H groups in total. The quantitative estimate of drug-likeness (QED) is 0.868. The fourth-order valence-electron chi connectivity index (χ4n) is 1.75. The number of benzene rings is 1. The zero-order chi connectivity index (χ0) is 11.0. The summed E-state index contributed by atoms with van der Waals surface area (Å²) >= 11 is 2.24. The molecule has 15 heavy (non-hydrogen) atoms. The number of hydrogen-bond donors (Lipinski definition) is 1. The Bertz CT molecular complexity index is 381. The minimum atomic E-state index is 0.281. The molecule has 0 saturated heterocycles. The van der Waals surface area contributed by atoms with Gasteiger partial charge in [0.05, 0.1) is 17.8 Å². The molecule has 0 radical (unpaired) electrons. The Morgan fingerprint density at radius 2 is 1.87 bits per heavy atom. The second-order valence-electron chi connectivity index (χ2n) is 3.73. The Kier molecular flexibility index (Phi) is 3.06. The molecule has 0 spiro atoms. The standard InChI is InChI=1S/C11H14INO2/c1-14-10-5-8(12)11(15-2)4-7(10)6-3-9(6)13/h4-6,9H,3,13H2,1-2H3. The third kappa shape index (κ3) is 2.06.